The van der Waals surface area contributed by atoms with E-state index in [4.69, 9.17) is 0 Å². The zero-order valence-electron chi connectivity index (χ0n) is 17.8. The third kappa shape index (κ3) is 3.90. The van der Waals surface area contributed by atoms with Crippen LogP contribution in [0.2, 0.25) is 0 Å². The van der Waals surface area contributed by atoms with Crippen molar-refractivity contribution in [3.8, 4) is 0 Å². The number of amides is 3. The molecule has 2 atom stereocenters. The molecular formula is C20H30N4O4S2. The Balaban J connectivity index is 1.40. The Morgan fingerprint density at radius 1 is 1.17 bits per heavy atom. The van der Waals surface area contributed by atoms with E-state index in [0.717, 1.165) is 6.42 Å². The first-order valence-corrected chi connectivity index (χ1v) is 12.7. The summed E-state index contributed by atoms with van der Waals surface area (Å²) >= 11 is 1.21. The van der Waals surface area contributed by atoms with E-state index in [1.165, 1.54) is 20.5 Å². The lowest BCUT2D eigenvalue weighted by atomic mass is 9.64. The van der Waals surface area contributed by atoms with Gasteiger partial charge in [0.15, 0.2) is 0 Å². The summed E-state index contributed by atoms with van der Waals surface area (Å²) in [7, 11) is -3.47. The number of carbonyl (C=O) groups excluding carboxylic acids is 2. The number of imide groups is 1. The topological polar surface area (TPSA) is 90.0 Å². The highest BCUT2D eigenvalue weighted by molar-refractivity contribution is 7.91. The number of piperazine rings is 1. The lowest BCUT2D eigenvalue weighted by Gasteiger charge is -2.44. The van der Waals surface area contributed by atoms with Crippen LogP contribution < -0.4 is 5.32 Å². The Labute approximate surface area is 182 Å². The van der Waals surface area contributed by atoms with Crippen LogP contribution in [0.3, 0.4) is 0 Å². The Morgan fingerprint density at radius 3 is 2.47 bits per heavy atom. The predicted molar refractivity (Wildman–Crippen MR) is 114 cm³/mol. The minimum atomic E-state index is -3.47. The van der Waals surface area contributed by atoms with Gasteiger partial charge in [-0.15, -0.1) is 11.3 Å². The fraction of sp³-hybridized carbons (Fsp3) is 0.700. The Hall–Kier alpha value is -1.49. The van der Waals surface area contributed by atoms with E-state index in [1.54, 1.807) is 17.5 Å². The number of rotatable bonds is 4. The molecule has 3 amide bonds. The van der Waals surface area contributed by atoms with Gasteiger partial charge in [-0.05, 0) is 42.0 Å². The second-order valence-electron chi connectivity index (χ2n) is 9.70. The number of carbonyl (C=O) groups is 2. The Bertz CT molecular complexity index is 923. The Morgan fingerprint density at radius 2 is 1.87 bits per heavy atom. The van der Waals surface area contributed by atoms with E-state index in [2.05, 4.69) is 26.1 Å². The molecule has 1 spiro atoms. The van der Waals surface area contributed by atoms with Crippen molar-refractivity contribution in [2.24, 2.45) is 11.3 Å². The number of hydrogen-bond donors (Lipinski definition) is 1. The van der Waals surface area contributed by atoms with Gasteiger partial charge in [-0.2, -0.15) is 4.31 Å². The van der Waals surface area contributed by atoms with Crippen LogP contribution >= 0.6 is 11.3 Å². The highest BCUT2D eigenvalue weighted by Gasteiger charge is 2.56. The first-order valence-electron chi connectivity index (χ1n) is 10.4. The molecule has 4 rings (SSSR count). The van der Waals surface area contributed by atoms with E-state index in [1.807, 2.05) is 4.90 Å². The summed E-state index contributed by atoms with van der Waals surface area (Å²) in [6.45, 7) is 8.30. The zero-order chi connectivity index (χ0) is 21.7. The van der Waals surface area contributed by atoms with Crippen molar-refractivity contribution in [2.45, 2.75) is 49.8 Å². The maximum atomic E-state index is 13.3. The Kier molecular flexibility index (Phi) is 5.49. The maximum absolute atomic E-state index is 13.3. The fourth-order valence-corrected chi connectivity index (χ4v) is 8.05. The molecule has 30 heavy (non-hydrogen) atoms. The van der Waals surface area contributed by atoms with Crippen molar-refractivity contribution in [1.29, 1.82) is 0 Å². The molecule has 0 bridgehead atoms. The highest BCUT2D eigenvalue weighted by atomic mass is 32.2. The molecule has 2 saturated heterocycles. The van der Waals surface area contributed by atoms with Crippen LogP contribution in [0.15, 0.2) is 21.7 Å². The van der Waals surface area contributed by atoms with Gasteiger partial charge in [0.1, 0.15) is 9.75 Å². The van der Waals surface area contributed by atoms with Crippen molar-refractivity contribution >= 4 is 33.3 Å². The van der Waals surface area contributed by atoms with Gasteiger partial charge in [0, 0.05) is 26.2 Å². The summed E-state index contributed by atoms with van der Waals surface area (Å²) in [5.41, 5.74) is -0.805. The zero-order valence-corrected chi connectivity index (χ0v) is 19.4. The number of thiophene rings is 1. The number of sulfonamides is 1. The number of nitrogens with zero attached hydrogens (tertiary/aromatic N) is 3. The van der Waals surface area contributed by atoms with Crippen molar-refractivity contribution in [2.75, 3.05) is 32.8 Å². The quantitative estimate of drug-likeness (QED) is 0.704. The summed E-state index contributed by atoms with van der Waals surface area (Å²) < 4.78 is 27.2. The minimum absolute atomic E-state index is 0.00159. The summed E-state index contributed by atoms with van der Waals surface area (Å²) in [6, 6.07) is 3.01. The normalized spacial score (nSPS) is 30.8. The highest BCUT2D eigenvalue weighted by Crippen LogP contribution is 2.46. The fourth-order valence-electron chi connectivity index (χ4n) is 5.48. The van der Waals surface area contributed by atoms with Gasteiger partial charge < -0.3 is 5.32 Å². The summed E-state index contributed by atoms with van der Waals surface area (Å²) in [5, 5.41) is 4.76. The van der Waals surface area contributed by atoms with E-state index in [9.17, 15) is 18.0 Å². The van der Waals surface area contributed by atoms with Crippen molar-refractivity contribution in [3.05, 3.63) is 17.5 Å². The standard InChI is InChI=1S/C20H30N4O4S2/c1-15-11-19(2,3)13-20(12-15)17(25)24(18(26)21-20)14-22-6-8-23(9-7-22)30(27,28)16-5-4-10-29-16/h4-5,10,15H,6-9,11-14H2,1-3H3,(H,21,26)/t15-,20+/m0/s1. The molecule has 8 nitrogen and oxygen atoms in total. The maximum Gasteiger partial charge on any atom is 0.326 e. The van der Waals surface area contributed by atoms with Crippen LogP contribution in [-0.2, 0) is 14.8 Å². The molecular weight excluding hydrogens is 424 g/mol. The van der Waals surface area contributed by atoms with Crippen LogP contribution in [0.4, 0.5) is 4.79 Å². The van der Waals surface area contributed by atoms with Gasteiger partial charge in [-0.3, -0.25) is 9.69 Å². The third-order valence-electron chi connectivity index (χ3n) is 6.39. The monoisotopic (exact) mass is 454 g/mol. The lowest BCUT2D eigenvalue weighted by molar-refractivity contribution is -0.136. The van der Waals surface area contributed by atoms with Gasteiger partial charge in [0.05, 0.1) is 6.67 Å². The molecule has 3 aliphatic rings. The third-order valence-corrected chi connectivity index (χ3v) is 9.66. The van der Waals surface area contributed by atoms with E-state index in [0.29, 0.717) is 49.1 Å². The molecule has 1 saturated carbocycles. The molecule has 0 aromatic carbocycles. The molecule has 166 valence electrons. The first-order chi connectivity index (χ1) is 14.0. The van der Waals surface area contributed by atoms with Crippen LogP contribution in [0.1, 0.15) is 40.0 Å². The van der Waals surface area contributed by atoms with Crippen molar-refractivity contribution in [3.63, 3.8) is 0 Å². The summed E-state index contributed by atoms with van der Waals surface area (Å²) in [6.07, 6.45) is 2.36. The molecule has 1 aromatic rings. The molecule has 1 aromatic heterocycles. The second kappa shape index (κ2) is 7.58. The molecule has 10 heteroatoms. The second-order valence-corrected chi connectivity index (χ2v) is 12.8. The van der Waals surface area contributed by atoms with Gasteiger partial charge in [-0.25, -0.2) is 18.1 Å². The molecule has 2 aliphatic heterocycles. The minimum Gasteiger partial charge on any atom is -0.323 e. The van der Waals surface area contributed by atoms with Crippen LogP contribution in [-0.4, -0.2) is 72.8 Å². The largest absolute Gasteiger partial charge is 0.326 e. The van der Waals surface area contributed by atoms with Crippen LogP contribution in [0.5, 0.6) is 0 Å². The van der Waals surface area contributed by atoms with Crippen molar-refractivity contribution < 1.29 is 18.0 Å². The number of nitrogens with one attached hydrogen (secondary N) is 1. The summed E-state index contributed by atoms with van der Waals surface area (Å²) in [5.74, 6) is 0.227. The first kappa shape index (κ1) is 21.7. The SMILES string of the molecule is C[C@H]1CC(C)(C)C[C@@]2(C1)NC(=O)N(CN1CCN(S(=O)(=O)c3cccs3)CC1)C2=O. The molecule has 0 radical (unpaired) electrons. The van der Waals surface area contributed by atoms with Crippen molar-refractivity contribution in [1.82, 2.24) is 19.4 Å². The average Bonchev–Trinajstić information content (AvgIpc) is 3.25. The van der Waals surface area contributed by atoms with Gasteiger partial charge in [0.2, 0.25) is 0 Å². The average molecular weight is 455 g/mol. The van der Waals surface area contributed by atoms with Crippen LogP contribution in [0, 0.1) is 11.3 Å². The smallest absolute Gasteiger partial charge is 0.323 e. The van der Waals surface area contributed by atoms with E-state index < -0.39 is 15.6 Å². The number of hydrogen-bond acceptors (Lipinski definition) is 6. The van der Waals surface area contributed by atoms with Gasteiger partial charge in [0.25, 0.3) is 15.9 Å². The molecule has 1 N–H and O–H groups in total. The van der Waals surface area contributed by atoms with Gasteiger partial charge >= 0.3 is 6.03 Å². The van der Waals surface area contributed by atoms with Crippen LogP contribution in [0.25, 0.3) is 0 Å². The van der Waals surface area contributed by atoms with E-state index >= 15 is 0 Å². The molecule has 1 aliphatic carbocycles. The molecule has 0 unspecified atom stereocenters. The predicted octanol–water partition coefficient (Wildman–Crippen LogP) is 2.15. The summed E-state index contributed by atoms with van der Waals surface area (Å²) in [4.78, 5) is 29.3. The molecule has 3 fully saturated rings. The van der Waals surface area contributed by atoms with Gasteiger partial charge in [-0.1, -0.05) is 26.8 Å². The lowest BCUT2D eigenvalue weighted by Crippen LogP contribution is -2.55. The number of urea groups is 1. The van der Waals surface area contributed by atoms with E-state index in [-0.39, 0.29) is 24.0 Å². The molecule has 3 heterocycles.